The van der Waals surface area contributed by atoms with E-state index in [2.05, 4.69) is 37.7 Å². The Bertz CT molecular complexity index is 658. The fourth-order valence-corrected chi connectivity index (χ4v) is 3.37. The number of carbonyl (C=O) groups is 1. The lowest BCUT2D eigenvalue weighted by molar-refractivity contribution is -0.122. The highest BCUT2D eigenvalue weighted by molar-refractivity contribution is 14.0. The number of guanidine groups is 1. The standard InChI is InChI=1S/C20H32N6O.HI/c1-4-5-6-12-25(3)20(22-2)24-15-17-8-7-11-23-19(17)26-13-9-16(10-14-26)18(21)27;/h4,7-8,11,16H,1,5-6,9-10,12-15H2,2-3H3,(H2,21,27)(H,22,24);1H. The van der Waals surface area contributed by atoms with Gasteiger partial charge in [-0.3, -0.25) is 9.79 Å². The number of piperidine rings is 1. The van der Waals surface area contributed by atoms with Gasteiger partial charge in [0.15, 0.2) is 5.96 Å². The average molecular weight is 500 g/mol. The Morgan fingerprint density at radius 2 is 2.21 bits per heavy atom. The van der Waals surface area contributed by atoms with E-state index in [4.69, 9.17) is 5.73 Å². The molecule has 0 bridgehead atoms. The van der Waals surface area contributed by atoms with Crippen molar-refractivity contribution >= 4 is 41.7 Å². The number of aliphatic imine (C=N–C) groups is 1. The molecule has 28 heavy (non-hydrogen) atoms. The van der Waals surface area contributed by atoms with Crippen LogP contribution in [0.2, 0.25) is 0 Å². The second-order valence-electron chi connectivity index (χ2n) is 6.90. The molecule has 2 rings (SSSR count). The van der Waals surface area contributed by atoms with Crippen LogP contribution in [-0.2, 0) is 11.3 Å². The van der Waals surface area contributed by atoms with Gasteiger partial charge in [0.25, 0.3) is 0 Å². The van der Waals surface area contributed by atoms with Crippen LogP contribution in [0.5, 0.6) is 0 Å². The van der Waals surface area contributed by atoms with Crippen LogP contribution in [0.4, 0.5) is 5.82 Å². The summed E-state index contributed by atoms with van der Waals surface area (Å²) in [6, 6.07) is 4.04. The molecule has 0 atom stereocenters. The predicted octanol–water partition coefficient (Wildman–Crippen LogP) is 2.37. The number of anilines is 1. The number of hydrogen-bond acceptors (Lipinski definition) is 4. The Hall–Kier alpha value is -1.84. The van der Waals surface area contributed by atoms with Gasteiger partial charge in [0.2, 0.25) is 5.91 Å². The first kappa shape index (κ1) is 24.2. The summed E-state index contributed by atoms with van der Waals surface area (Å²) in [7, 11) is 3.84. The second-order valence-corrected chi connectivity index (χ2v) is 6.90. The zero-order valence-electron chi connectivity index (χ0n) is 16.9. The van der Waals surface area contributed by atoms with Gasteiger partial charge < -0.3 is 20.9 Å². The lowest BCUT2D eigenvalue weighted by atomic mass is 9.96. The van der Waals surface area contributed by atoms with Gasteiger partial charge in [0, 0.05) is 58.0 Å². The number of hydrogen-bond donors (Lipinski definition) is 2. The van der Waals surface area contributed by atoms with E-state index < -0.39 is 0 Å². The van der Waals surface area contributed by atoms with Crippen LogP contribution in [0.3, 0.4) is 0 Å². The van der Waals surface area contributed by atoms with Gasteiger partial charge >= 0.3 is 0 Å². The van der Waals surface area contributed by atoms with E-state index in [1.165, 1.54) is 0 Å². The van der Waals surface area contributed by atoms with Crippen LogP contribution in [0.15, 0.2) is 36.0 Å². The van der Waals surface area contributed by atoms with Crippen molar-refractivity contribution in [1.82, 2.24) is 15.2 Å². The molecule has 2 heterocycles. The zero-order chi connectivity index (χ0) is 19.6. The molecular weight excluding hydrogens is 467 g/mol. The van der Waals surface area contributed by atoms with Crippen LogP contribution in [0.25, 0.3) is 0 Å². The van der Waals surface area contributed by atoms with Gasteiger partial charge in [-0.15, -0.1) is 30.6 Å². The molecule has 7 nitrogen and oxygen atoms in total. The van der Waals surface area contributed by atoms with E-state index in [9.17, 15) is 4.79 Å². The Labute approximate surface area is 185 Å². The number of halogens is 1. The maximum absolute atomic E-state index is 11.4. The first-order valence-electron chi connectivity index (χ1n) is 9.57. The smallest absolute Gasteiger partial charge is 0.220 e. The number of rotatable bonds is 8. The number of nitrogens with zero attached hydrogens (tertiary/aromatic N) is 4. The minimum Gasteiger partial charge on any atom is -0.369 e. The van der Waals surface area contributed by atoms with Gasteiger partial charge in [-0.05, 0) is 31.7 Å². The van der Waals surface area contributed by atoms with Crippen LogP contribution in [-0.4, -0.2) is 55.5 Å². The van der Waals surface area contributed by atoms with Gasteiger partial charge in [0.1, 0.15) is 5.82 Å². The molecule has 1 aromatic heterocycles. The van der Waals surface area contributed by atoms with Crippen molar-refractivity contribution in [2.75, 3.05) is 38.6 Å². The SMILES string of the molecule is C=CCCCN(C)C(=NC)NCc1cccnc1N1CCC(C(N)=O)CC1.I. The number of primary amides is 1. The number of pyridine rings is 1. The number of unbranched alkanes of at least 4 members (excludes halogenated alkanes) is 1. The minimum atomic E-state index is -0.194. The summed E-state index contributed by atoms with van der Waals surface area (Å²) >= 11 is 0. The van der Waals surface area contributed by atoms with Crippen molar-refractivity contribution in [2.24, 2.45) is 16.6 Å². The van der Waals surface area contributed by atoms with E-state index in [-0.39, 0.29) is 35.8 Å². The molecular formula is C20H33IN6O. The summed E-state index contributed by atoms with van der Waals surface area (Å²) in [6.07, 6.45) is 7.37. The highest BCUT2D eigenvalue weighted by atomic mass is 127. The predicted molar refractivity (Wildman–Crippen MR) is 126 cm³/mol. The number of carbonyl (C=O) groups excluding carboxylic acids is 1. The Morgan fingerprint density at radius 1 is 1.50 bits per heavy atom. The van der Waals surface area contributed by atoms with E-state index in [0.717, 1.165) is 62.7 Å². The molecule has 0 radical (unpaired) electrons. The average Bonchev–Trinajstić information content (AvgIpc) is 2.69. The van der Waals surface area contributed by atoms with E-state index in [0.29, 0.717) is 6.54 Å². The molecule has 0 spiro atoms. The van der Waals surface area contributed by atoms with Crippen LogP contribution < -0.4 is 16.0 Å². The quantitative estimate of drug-likeness (QED) is 0.188. The summed E-state index contributed by atoms with van der Waals surface area (Å²) in [5.74, 6) is 1.62. The molecule has 0 aliphatic carbocycles. The first-order valence-corrected chi connectivity index (χ1v) is 9.57. The molecule has 156 valence electrons. The molecule has 3 N–H and O–H groups in total. The van der Waals surface area contributed by atoms with Crippen molar-refractivity contribution in [2.45, 2.75) is 32.2 Å². The van der Waals surface area contributed by atoms with Crippen molar-refractivity contribution < 1.29 is 4.79 Å². The van der Waals surface area contributed by atoms with Gasteiger partial charge in [-0.1, -0.05) is 12.1 Å². The van der Waals surface area contributed by atoms with Gasteiger partial charge in [-0.2, -0.15) is 0 Å². The van der Waals surface area contributed by atoms with Crippen molar-refractivity contribution in [1.29, 1.82) is 0 Å². The summed E-state index contributed by atoms with van der Waals surface area (Å²) in [5, 5.41) is 3.43. The lowest BCUT2D eigenvalue weighted by Crippen LogP contribution is -2.41. The van der Waals surface area contributed by atoms with Crippen molar-refractivity contribution in [3.63, 3.8) is 0 Å². The molecule has 1 aromatic rings. The minimum absolute atomic E-state index is 0. The fourth-order valence-electron chi connectivity index (χ4n) is 3.37. The molecule has 1 fully saturated rings. The maximum atomic E-state index is 11.4. The Kier molecular flexibility index (Phi) is 10.9. The van der Waals surface area contributed by atoms with E-state index in [1.807, 2.05) is 25.4 Å². The Balaban J connectivity index is 0.00000392. The maximum Gasteiger partial charge on any atom is 0.220 e. The Morgan fingerprint density at radius 3 is 2.82 bits per heavy atom. The van der Waals surface area contributed by atoms with Crippen LogP contribution in [0, 0.1) is 5.92 Å². The van der Waals surface area contributed by atoms with Gasteiger partial charge in [-0.25, -0.2) is 4.98 Å². The van der Waals surface area contributed by atoms with Crippen molar-refractivity contribution in [3.8, 4) is 0 Å². The van der Waals surface area contributed by atoms with Crippen LogP contribution >= 0.6 is 24.0 Å². The summed E-state index contributed by atoms with van der Waals surface area (Å²) < 4.78 is 0. The number of nitrogens with two attached hydrogens (primary N) is 1. The largest absolute Gasteiger partial charge is 0.369 e. The number of nitrogens with one attached hydrogen (secondary N) is 1. The topological polar surface area (TPSA) is 86.8 Å². The third-order valence-corrected chi connectivity index (χ3v) is 4.98. The normalized spacial score (nSPS) is 14.9. The third kappa shape index (κ3) is 6.96. The zero-order valence-corrected chi connectivity index (χ0v) is 19.3. The molecule has 1 saturated heterocycles. The highest BCUT2D eigenvalue weighted by Crippen LogP contribution is 2.24. The molecule has 0 saturated carbocycles. The summed E-state index contributed by atoms with van der Waals surface area (Å²) in [5.41, 5.74) is 6.56. The lowest BCUT2D eigenvalue weighted by Gasteiger charge is -2.32. The fraction of sp³-hybridized carbons (Fsp3) is 0.550. The molecule has 0 aromatic carbocycles. The third-order valence-electron chi connectivity index (χ3n) is 4.98. The number of allylic oxidation sites excluding steroid dienone is 1. The molecule has 8 heteroatoms. The second kappa shape index (κ2) is 12.6. The molecule has 1 aliphatic rings. The summed E-state index contributed by atoms with van der Waals surface area (Å²) in [6.45, 7) is 6.94. The number of amides is 1. The first-order chi connectivity index (χ1) is 13.1. The van der Waals surface area contributed by atoms with E-state index >= 15 is 0 Å². The van der Waals surface area contributed by atoms with Crippen LogP contribution in [0.1, 0.15) is 31.2 Å². The van der Waals surface area contributed by atoms with Gasteiger partial charge in [0.05, 0.1) is 0 Å². The molecule has 1 amide bonds. The number of aromatic nitrogens is 1. The monoisotopic (exact) mass is 500 g/mol. The van der Waals surface area contributed by atoms with Crippen molar-refractivity contribution in [3.05, 3.63) is 36.5 Å². The molecule has 1 aliphatic heterocycles. The highest BCUT2D eigenvalue weighted by Gasteiger charge is 2.25. The molecule has 0 unspecified atom stereocenters. The summed E-state index contributed by atoms with van der Waals surface area (Å²) in [4.78, 5) is 24.7. The van der Waals surface area contributed by atoms with E-state index in [1.54, 1.807) is 7.05 Å².